The van der Waals surface area contributed by atoms with Gasteiger partial charge in [0.1, 0.15) is 18.0 Å². The van der Waals surface area contributed by atoms with Gasteiger partial charge < -0.3 is 29.7 Å². The number of pyridine rings is 1. The standard InChI is InChI=1S/C46H54FN11O4/c1-30-43(35-22-41(44(48)49-24-35)62-31(2)34-4-3-5-37(47)20-34)56(29-50-30)26-33-23-51-57(27-33)19-18-53-14-16-54(17-15-53)25-32-10-12-55(13-11-32)38-6-7-39-36(21-38)28-58(46(39)61)40-8-9-42(59)52-45(40)60/h3-7,20-24,27,29,31-32,40H,8-19,25-26,28H2,1-2H3,(H2,48,49)(H,52,59,60)/t31-,40?/m1/s1. The topological polar surface area (TPSA) is 160 Å². The number of imidazole rings is 1. The van der Waals surface area contributed by atoms with Crippen LogP contribution in [0.3, 0.4) is 0 Å². The number of aromatic nitrogens is 5. The monoisotopic (exact) mass is 843 g/mol. The van der Waals surface area contributed by atoms with Crippen LogP contribution >= 0.6 is 0 Å². The highest BCUT2D eigenvalue weighted by atomic mass is 19.1. The van der Waals surface area contributed by atoms with Gasteiger partial charge in [-0.3, -0.25) is 29.3 Å². The van der Waals surface area contributed by atoms with Gasteiger partial charge in [0.15, 0.2) is 11.6 Å². The lowest BCUT2D eigenvalue weighted by atomic mass is 9.95. The fourth-order valence-electron chi connectivity index (χ4n) is 9.42. The molecule has 324 valence electrons. The second-order valence-corrected chi connectivity index (χ2v) is 17.2. The Labute approximate surface area is 360 Å². The van der Waals surface area contributed by atoms with Crippen LogP contribution in [0.4, 0.5) is 15.9 Å². The Morgan fingerprint density at radius 3 is 2.53 bits per heavy atom. The van der Waals surface area contributed by atoms with Gasteiger partial charge in [-0.2, -0.15) is 5.10 Å². The van der Waals surface area contributed by atoms with Crippen LogP contribution < -0.4 is 20.7 Å². The predicted octanol–water partition coefficient (Wildman–Crippen LogP) is 4.65. The largest absolute Gasteiger partial charge is 0.482 e. The van der Waals surface area contributed by atoms with Crippen LogP contribution in [-0.2, 0) is 29.2 Å². The highest BCUT2D eigenvalue weighted by Gasteiger charge is 2.39. The molecule has 3 saturated heterocycles. The number of carbonyl (C=O) groups excluding carboxylic acids is 3. The van der Waals surface area contributed by atoms with Crippen LogP contribution in [-0.4, -0.2) is 115 Å². The first-order valence-electron chi connectivity index (χ1n) is 21.7. The molecule has 3 fully saturated rings. The van der Waals surface area contributed by atoms with E-state index in [0.29, 0.717) is 42.3 Å². The number of amides is 3. The smallest absolute Gasteiger partial charge is 0.255 e. The predicted molar refractivity (Wildman–Crippen MR) is 232 cm³/mol. The van der Waals surface area contributed by atoms with E-state index in [2.05, 4.69) is 46.8 Å². The number of imide groups is 1. The number of ether oxygens (including phenoxy) is 1. The summed E-state index contributed by atoms with van der Waals surface area (Å²) in [5, 5.41) is 7.07. The maximum absolute atomic E-state index is 13.9. The summed E-state index contributed by atoms with van der Waals surface area (Å²) < 4.78 is 24.1. The van der Waals surface area contributed by atoms with Crippen molar-refractivity contribution in [2.75, 3.05) is 63.0 Å². The van der Waals surface area contributed by atoms with Gasteiger partial charge in [0.2, 0.25) is 11.8 Å². The number of anilines is 2. The van der Waals surface area contributed by atoms with E-state index in [1.807, 2.05) is 55.3 Å². The van der Waals surface area contributed by atoms with Crippen molar-refractivity contribution in [1.82, 2.24) is 44.3 Å². The second-order valence-electron chi connectivity index (χ2n) is 17.2. The molecule has 3 amide bonds. The summed E-state index contributed by atoms with van der Waals surface area (Å²) in [7, 11) is 0. The number of carbonyl (C=O) groups is 3. The van der Waals surface area contributed by atoms with Gasteiger partial charge in [0.25, 0.3) is 5.91 Å². The zero-order valence-electron chi connectivity index (χ0n) is 35.4. The third-order valence-corrected chi connectivity index (χ3v) is 13.0. The number of nitrogen functional groups attached to an aromatic ring is 1. The second kappa shape index (κ2) is 17.7. The number of nitrogens with zero attached hydrogens (tertiary/aromatic N) is 9. The zero-order valence-corrected chi connectivity index (χ0v) is 35.4. The molecule has 16 heteroatoms. The maximum atomic E-state index is 13.9. The Morgan fingerprint density at radius 2 is 1.74 bits per heavy atom. The molecule has 7 heterocycles. The molecule has 15 nitrogen and oxygen atoms in total. The van der Waals surface area contributed by atoms with E-state index < -0.39 is 12.1 Å². The molecule has 62 heavy (non-hydrogen) atoms. The highest BCUT2D eigenvalue weighted by molar-refractivity contribution is 6.05. The number of piperidine rings is 2. The number of nitrogens with one attached hydrogen (secondary N) is 1. The van der Waals surface area contributed by atoms with Crippen LogP contribution in [0, 0.1) is 18.7 Å². The van der Waals surface area contributed by atoms with E-state index in [-0.39, 0.29) is 35.8 Å². The average molecular weight is 844 g/mol. The van der Waals surface area contributed by atoms with Crippen molar-refractivity contribution in [1.29, 1.82) is 0 Å². The van der Waals surface area contributed by atoms with Gasteiger partial charge in [-0.05, 0) is 86.6 Å². The van der Waals surface area contributed by atoms with E-state index >= 15 is 0 Å². The van der Waals surface area contributed by atoms with Crippen molar-refractivity contribution in [2.45, 2.75) is 71.3 Å². The molecule has 0 aliphatic carbocycles. The van der Waals surface area contributed by atoms with Crippen molar-refractivity contribution >= 4 is 29.2 Å². The molecular weight excluding hydrogens is 790 g/mol. The summed E-state index contributed by atoms with van der Waals surface area (Å²) in [5.41, 5.74) is 13.3. The summed E-state index contributed by atoms with van der Waals surface area (Å²) in [6.45, 7) is 13.8. The van der Waals surface area contributed by atoms with Crippen molar-refractivity contribution < 1.29 is 23.5 Å². The molecule has 4 aliphatic heterocycles. The molecule has 9 rings (SSSR count). The van der Waals surface area contributed by atoms with Gasteiger partial charge in [0.05, 0.1) is 37.0 Å². The molecule has 0 bridgehead atoms. The van der Waals surface area contributed by atoms with Gasteiger partial charge in [0, 0.05) is 100 Å². The molecule has 4 aliphatic rings. The Hall–Kier alpha value is -6.13. The fraction of sp³-hybridized carbons (Fsp3) is 0.435. The van der Waals surface area contributed by atoms with Crippen LogP contribution in [0.5, 0.6) is 5.75 Å². The Morgan fingerprint density at radius 1 is 0.935 bits per heavy atom. The van der Waals surface area contributed by atoms with E-state index in [4.69, 9.17) is 15.6 Å². The maximum Gasteiger partial charge on any atom is 0.255 e. The molecule has 5 aromatic rings. The van der Waals surface area contributed by atoms with Gasteiger partial charge >= 0.3 is 0 Å². The van der Waals surface area contributed by atoms with E-state index in [1.54, 1.807) is 17.2 Å². The summed E-state index contributed by atoms with van der Waals surface area (Å²) in [6, 6.07) is 13.7. The molecular formula is C46H54FN11O4. The van der Waals surface area contributed by atoms with Crippen molar-refractivity contribution in [2.24, 2.45) is 5.92 Å². The number of hydrogen-bond acceptors (Lipinski definition) is 11. The van der Waals surface area contributed by atoms with Crippen LogP contribution in [0.1, 0.15) is 71.5 Å². The minimum Gasteiger partial charge on any atom is -0.482 e. The number of halogens is 1. The third-order valence-electron chi connectivity index (χ3n) is 13.0. The highest BCUT2D eigenvalue weighted by Crippen LogP contribution is 2.34. The Balaban J connectivity index is 0.718. The van der Waals surface area contributed by atoms with Crippen LogP contribution in [0.2, 0.25) is 0 Å². The molecule has 0 radical (unpaired) electrons. The summed E-state index contributed by atoms with van der Waals surface area (Å²) >= 11 is 0. The van der Waals surface area contributed by atoms with Crippen molar-refractivity contribution in [3.8, 4) is 17.0 Å². The molecule has 2 aromatic carbocycles. The quantitative estimate of drug-likeness (QED) is 0.159. The summed E-state index contributed by atoms with van der Waals surface area (Å²) in [5.74, 6) is 0.241. The fourth-order valence-corrected chi connectivity index (χ4v) is 9.42. The number of aryl methyl sites for hydroxylation is 1. The molecule has 2 atom stereocenters. The SMILES string of the molecule is Cc1ncn(Cc2cnn(CCN3CCN(CC4CCN(c5ccc6c(c5)CN(C5CCC(=O)NC5=O)C6=O)CC4)CC3)c2)c1-c1cnc(N)c(O[C@H](C)c2cccc(F)c2)c1. The number of nitrogens with two attached hydrogens (primary N) is 1. The molecule has 0 saturated carbocycles. The lowest BCUT2D eigenvalue weighted by Crippen LogP contribution is -2.52. The number of hydrogen-bond donors (Lipinski definition) is 2. The first kappa shape index (κ1) is 41.2. The zero-order chi connectivity index (χ0) is 42.9. The van der Waals surface area contributed by atoms with E-state index in [9.17, 15) is 18.8 Å². The van der Waals surface area contributed by atoms with Crippen LogP contribution in [0.25, 0.3) is 11.3 Å². The minimum atomic E-state index is -0.595. The van der Waals surface area contributed by atoms with Gasteiger partial charge in [-0.15, -0.1) is 0 Å². The number of piperazine rings is 1. The Kier molecular flexibility index (Phi) is 11.8. The molecule has 0 spiro atoms. The lowest BCUT2D eigenvalue weighted by molar-refractivity contribution is -0.136. The number of rotatable bonds is 13. The normalized spacial score (nSPS) is 19.5. The van der Waals surface area contributed by atoms with Crippen molar-refractivity contribution in [3.05, 3.63) is 107 Å². The molecule has 3 N–H and O–H groups in total. The molecule has 3 aromatic heterocycles. The first-order chi connectivity index (χ1) is 30.0. The van der Waals surface area contributed by atoms with Gasteiger partial charge in [-0.25, -0.2) is 14.4 Å². The van der Waals surface area contributed by atoms with Gasteiger partial charge in [-0.1, -0.05) is 12.1 Å². The first-order valence-corrected chi connectivity index (χ1v) is 21.7. The summed E-state index contributed by atoms with van der Waals surface area (Å²) in [4.78, 5) is 55.5. The van der Waals surface area contributed by atoms with Crippen molar-refractivity contribution in [3.63, 3.8) is 0 Å². The number of benzene rings is 2. The van der Waals surface area contributed by atoms with E-state index in [1.165, 1.54) is 12.1 Å². The molecule has 1 unspecified atom stereocenters. The Bertz CT molecular complexity index is 2450. The minimum absolute atomic E-state index is 0.130. The van der Waals surface area contributed by atoms with E-state index in [0.717, 1.165) is 106 Å². The third kappa shape index (κ3) is 8.93. The lowest BCUT2D eigenvalue weighted by Gasteiger charge is -2.39. The number of fused-ring (bicyclic) bond motifs is 1. The van der Waals surface area contributed by atoms with Crippen LogP contribution in [0.15, 0.2) is 73.4 Å². The average Bonchev–Trinajstić information content (AvgIpc) is 3.97. The summed E-state index contributed by atoms with van der Waals surface area (Å²) in [6.07, 6.45) is 10.0.